The molecule has 8 heteroatoms. The monoisotopic (exact) mass is 474 g/mol. The molecule has 1 aliphatic rings. The Balaban J connectivity index is 1.93. The number of sulfonamides is 1. The molecule has 3 aromatic rings. The molecule has 172 valence electrons. The number of rotatable bonds is 7. The van der Waals surface area contributed by atoms with E-state index >= 15 is 0 Å². The third-order valence-electron chi connectivity index (χ3n) is 5.35. The number of methoxy groups -OCH3 is 1. The number of carbonyl (C=O) groups excluding carboxylic acids is 2. The number of benzene rings is 3. The lowest BCUT2D eigenvalue weighted by molar-refractivity contribution is 0.0972. The van der Waals surface area contributed by atoms with Crippen LogP contribution in [0.25, 0.3) is 5.70 Å². The maximum absolute atomic E-state index is 13.6. The molecule has 1 N–H and O–H groups in total. The average molecular weight is 475 g/mol. The molecule has 7 nitrogen and oxygen atoms in total. The van der Waals surface area contributed by atoms with Crippen molar-refractivity contribution in [3.8, 4) is 5.75 Å². The first kappa shape index (κ1) is 23.0. The third-order valence-corrected chi connectivity index (χ3v) is 7.17. The predicted molar refractivity (Wildman–Crippen MR) is 129 cm³/mol. The summed E-state index contributed by atoms with van der Waals surface area (Å²) in [4.78, 5) is 26.8. The van der Waals surface area contributed by atoms with Crippen LogP contribution in [0.1, 0.15) is 26.3 Å². The van der Waals surface area contributed by atoms with Gasteiger partial charge >= 0.3 is 0 Å². The number of Topliss-reactive ketones (excluding diaryl/α,β-unsaturated/α-hetero) is 1. The molecule has 1 aliphatic heterocycles. The van der Waals surface area contributed by atoms with E-state index in [1.807, 2.05) is 0 Å². The Morgan fingerprint density at radius 1 is 0.941 bits per heavy atom. The zero-order valence-corrected chi connectivity index (χ0v) is 19.2. The van der Waals surface area contributed by atoms with Gasteiger partial charge in [-0.25, -0.2) is 8.42 Å². The van der Waals surface area contributed by atoms with Crippen LogP contribution in [-0.4, -0.2) is 38.1 Å². The van der Waals surface area contributed by atoms with E-state index in [1.54, 1.807) is 72.8 Å². The number of ether oxygens (including phenoxy) is 1. The summed E-state index contributed by atoms with van der Waals surface area (Å²) in [6.07, 6.45) is 1.40. The molecule has 0 aliphatic carbocycles. The van der Waals surface area contributed by atoms with Gasteiger partial charge in [0, 0.05) is 16.7 Å². The zero-order chi connectivity index (χ0) is 24.3. The van der Waals surface area contributed by atoms with Crippen LogP contribution in [-0.2, 0) is 10.0 Å². The first-order chi connectivity index (χ1) is 16.4. The molecule has 0 aromatic heterocycles. The number of carbonyl (C=O) groups is 2. The Hall–Kier alpha value is -4.17. The number of nitrogens with zero attached hydrogens (tertiary/aromatic N) is 1. The molecular weight excluding hydrogens is 452 g/mol. The summed E-state index contributed by atoms with van der Waals surface area (Å²) in [6.45, 7) is 3.51. The summed E-state index contributed by atoms with van der Waals surface area (Å²) in [7, 11) is -2.55. The van der Waals surface area contributed by atoms with Gasteiger partial charge in [0.05, 0.1) is 24.2 Å². The van der Waals surface area contributed by atoms with Gasteiger partial charge in [0.25, 0.3) is 15.9 Å². The minimum Gasteiger partial charge on any atom is -0.497 e. The SMILES string of the molecule is C=CCN1C(C(=O)c2ccccc2)=C(NC(=O)c2ccc(OC)cc2)c2ccccc2S1(=O)=O. The largest absolute Gasteiger partial charge is 0.497 e. The number of amides is 1. The quantitative estimate of drug-likeness (QED) is 0.415. The first-order valence-corrected chi connectivity index (χ1v) is 11.8. The van der Waals surface area contributed by atoms with Crippen LogP contribution in [0.4, 0.5) is 0 Å². The fraction of sp³-hybridized carbons (Fsp3) is 0.0769. The van der Waals surface area contributed by atoms with Crippen molar-refractivity contribution >= 4 is 27.4 Å². The van der Waals surface area contributed by atoms with Gasteiger partial charge in [-0.15, -0.1) is 6.58 Å². The molecule has 0 fully saturated rings. The summed E-state index contributed by atoms with van der Waals surface area (Å²) in [5.74, 6) is -0.448. The summed E-state index contributed by atoms with van der Waals surface area (Å²) < 4.78 is 33.1. The van der Waals surface area contributed by atoms with E-state index in [1.165, 1.54) is 19.3 Å². The van der Waals surface area contributed by atoms with Crippen molar-refractivity contribution < 1.29 is 22.7 Å². The van der Waals surface area contributed by atoms with Crippen LogP contribution in [0, 0.1) is 0 Å². The van der Waals surface area contributed by atoms with Crippen LogP contribution < -0.4 is 10.1 Å². The molecule has 0 atom stereocenters. The van der Waals surface area contributed by atoms with Gasteiger partial charge < -0.3 is 10.1 Å². The van der Waals surface area contributed by atoms with Crippen molar-refractivity contribution in [2.75, 3.05) is 13.7 Å². The van der Waals surface area contributed by atoms with E-state index in [0.29, 0.717) is 11.3 Å². The van der Waals surface area contributed by atoms with E-state index in [9.17, 15) is 18.0 Å². The molecule has 0 saturated carbocycles. The molecule has 34 heavy (non-hydrogen) atoms. The van der Waals surface area contributed by atoms with Crippen molar-refractivity contribution in [3.63, 3.8) is 0 Å². The van der Waals surface area contributed by atoms with Crippen LogP contribution >= 0.6 is 0 Å². The highest BCUT2D eigenvalue weighted by atomic mass is 32.2. The normalized spacial score (nSPS) is 14.2. The van der Waals surface area contributed by atoms with Gasteiger partial charge in [0.2, 0.25) is 5.78 Å². The van der Waals surface area contributed by atoms with Gasteiger partial charge in [0.15, 0.2) is 0 Å². The number of hydrogen-bond acceptors (Lipinski definition) is 5. The second-order valence-corrected chi connectivity index (χ2v) is 9.25. The minimum atomic E-state index is -4.07. The van der Waals surface area contributed by atoms with E-state index in [4.69, 9.17) is 4.74 Å². The highest BCUT2D eigenvalue weighted by Crippen LogP contribution is 2.37. The second-order valence-electron chi connectivity index (χ2n) is 7.42. The summed E-state index contributed by atoms with van der Waals surface area (Å²) in [6, 6.07) is 21.0. The van der Waals surface area contributed by atoms with Gasteiger partial charge in [-0.3, -0.25) is 13.9 Å². The van der Waals surface area contributed by atoms with Crippen LogP contribution in [0.3, 0.4) is 0 Å². The molecule has 3 aromatic carbocycles. The zero-order valence-electron chi connectivity index (χ0n) is 18.4. The smallest absolute Gasteiger partial charge is 0.265 e. The minimum absolute atomic E-state index is 0.00788. The molecule has 0 radical (unpaired) electrons. The van der Waals surface area contributed by atoms with Crippen molar-refractivity contribution in [1.29, 1.82) is 0 Å². The van der Waals surface area contributed by atoms with E-state index in [-0.39, 0.29) is 34.0 Å². The van der Waals surface area contributed by atoms with Crippen LogP contribution in [0.5, 0.6) is 5.75 Å². The highest BCUT2D eigenvalue weighted by Gasteiger charge is 2.40. The van der Waals surface area contributed by atoms with Gasteiger partial charge in [-0.05, 0) is 30.3 Å². The predicted octanol–water partition coefficient (Wildman–Crippen LogP) is 3.87. The molecule has 1 heterocycles. The Kier molecular flexibility index (Phi) is 6.34. The number of hydrogen-bond donors (Lipinski definition) is 1. The molecule has 0 spiro atoms. The number of ketones is 1. The van der Waals surface area contributed by atoms with Crippen LogP contribution in [0.2, 0.25) is 0 Å². The van der Waals surface area contributed by atoms with Crippen molar-refractivity contribution in [2.24, 2.45) is 0 Å². The van der Waals surface area contributed by atoms with Crippen molar-refractivity contribution in [3.05, 3.63) is 114 Å². The molecule has 0 bridgehead atoms. The molecular formula is C26H22N2O5S. The lowest BCUT2D eigenvalue weighted by atomic mass is 10.0. The summed E-state index contributed by atoms with van der Waals surface area (Å²) in [5, 5.41) is 2.79. The summed E-state index contributed by atoms with van der Waals surface area (Å²) in [5.41, 5.74) is 0.816. The van der Waals surface area contributed by atoms with Gasteiger partial charge in [0.1, 0.15) is 11.4 Å². The lowest BCUT2D eigenvalue weighted by Crippen LogP contribution is -2.41. The van der Waals surface area contributed by atoms with E-state index < -0.39 is 21.7 Å². The van der Waals surface area contributed by atoms with Gasteiger partial charge in [-0.2, -0.15) is 0 Å². The number of nitrogens with one attached hydrogen (secondary N) is 1. The fourth-order valence-electron chi connectivity index (χ4n) is 3.70. The third kappa shape index (κ3) is 4.11. The lowest BCUT2D eigenvalue weighted by Gasteiger charge is -2.33. The molecule has 1 amide bonds. The maximum atomic E-state index is 13.6. The fourth-order valence-corrected chi connectivity index (χ4v) is 5.36. The molecule has 4 rings (SSSR count). The van der Waals surface area contributed by atoms with Crippen molar-refractivity contribution in [2.45, 2.75) is 4.90 Å². The Morgan fingerprint density at radius 3 is 2.24 bits per heavy atom. The molecule has 0 saturated heterocycles. The van der Waals surface area contributed by atoms with E-state index in [0.717, 1.165) is 4.31 Å². The first-order valence-electron chi connectivity index (χ1n) is 10.4. The average Bonchev–Trinajstić information content (AvgIpc) is 2.87. The summed E-state index contributed by atoms with van der Waals surface area (Å²) >= 11 is 0. The molecule has 0 unspecified atom stereocenters. The topological polar surface area (TPSA) is 92.8 Å². The Morgan fingerprint density at radius 2 is 1.59 bits per heavy atom. The van der Waals surface area contributed by atoms with E-state index in [2.05, 4.69) is 11.9 Å². The van der Waals surface area contributed by atoms with Crippen LogP contribution in [0.15, 0.2) is 102 Å². The number of fused-ring (bicyclic) bond motifs is 1. The Labute approximate surface area is 198 Å². The van der Waals surface area contributed by atoms with Gasteiger partial charge in [-0.1, -0.05) is 54.6 Å². The second kappa shape index (κ2) is 9.36. The number of allylic oxidation sites excluding steroid dienone is 1. The standard InChI is InChI=1S/C26H22N2O5S/c1-3-17-28-24(25(29)18-9-5-4-6-10-18)23(21-11-7-8-12-22(21)34(28,31)32)27-26(30)19-13-15-20(33-2)16-14-19/h3-16H,1,17H2,2H3,(H,27,30). The maximum Gasteiger partial charge on any atom is 0.265 e. The van der Waals surface area contributed by atoms with Crippen molar-refractivity contribution in [1.82, 2.24) is 9.62 Å². The Bertz CT molecular complexity index is 1390. The highest BCUT2D eigenvalue weighted by molar-refractivity contribution is 7.89.